The highest BCUT2D eigenvalue weighted by molar-refractivity contribution is 5.88. The van der Waals surface area contributed by atoms with Crippen LogP contribution in [0.5, 0.6) is 0 Å². The molecule has 160 valence electrons. The van der Waals surface area contributed by atoms with Crippen LogP contribution >= 0.6 is 0 Å². The number of unbranched alkanes of at least 4 members (excludes halogenated alkanes) is 3. The summed E-state index contributed by atoms with van der Waals surface area (Å²) < 4.78 is 0. The smallest absolute Gasteiger partial charge is 0.244 e. The van der Waals surface area contributed by atoms with Crippen LogP contribution in [0.2, 0.25) is 0 Å². The number of hydrogen-bond donors (Lipinski definition) is 1. The summed E-state index contributed by atoms with van der Waals surface area (Å²) in [4.78, 5) is 20.6. The number of rotatable bonds is 13. The van der Waals surface area contributed by atoms with Crippen molar-refractivity contribution in [3.8, 4) is 0 Å². The fourth-order valence-electron chi connectivity index (χ4n) is 3.39. The molecule has 0 fully saturated rings. The monoisotopic (exact) mass is 405 g/mol. The van der Waals surface area contributed by atoms with E-state index in [0.717, 1.165) is 37.7 Å². The molecular weight excluding hydrogens is 370 g/mol. The molecule has 0 aliphatic carbocycles. The third-order valence-electron chi connectivity index (χ3n) is 5.09. The highest BCUT2D eigenvalue weighted by Gasteiger charge is 2.05. The molecule has 2 heterocycles. The van der Waals surface area contributed by atoms with E-state index in [4.69, 9.17) is 0 Å². The van der Waals surface area contributed by atoms with Crippen LogP contribution in [-0.2, 0) is 11.2 Å². The lowest BCUT2D eigenvalue weighted by atomic mass is 10.00. The molecule has 2 aromatic heterocycles. The molecule has 2 aromatic rings. The van der Waals surface area contributed by atoms with Gasteiger partial charge in [-0.3, -0.25) is 14.8 Å². The van der Waals surface area contributed by atoms with Gasteiger partial charge < -0.3 is 5.32 Å². The molecule has 0 aliphatic heterocycles. The molecule has 1 N–H and O–H groups in total. The molecule has 4 heteroatoms. The Morgan fingerprint density at radius 1 is 1.07 bits per heavy atom. The van der Waals surface area contributed by atoms with Gasteiger partial charge in [0.15, 0.2) is 0 Å². The molecule has 0 spiro atoms. The maximum atomic E-state index is 12.3. The molecule has 0 saturated heterocycles. The first-order valence-corrected chi connectivity index (χ1v) is 11.2. The first-order valence-electron chi connectivity index (χ1n) is 11.2. The maximum absolute atomic E-state index is 12.3. The lowest BCUT2D eigenvalue weighted by Crippen LogP contribution is -2.31. The number of amides is 1. The minimum absolute atomic E-state index is 0.0448. The molecule has 0 bridgehead atoms. The molecule has 0 unspecified atom stereocenters. The van der Waals surface area contributed by atoms with Crippen molar-refractivity contribution in [2.45, 2.75) is 71.3 Å². The van der Waals surface area contributed by atoms with Gasteiger partial charge >= 0.3 is 0 Å². The molecule has 4 nitrogen and oxygen atoms in total. The van der Waals surface area contributed by atoms with Crippen LogP contribution in [0.1, 0.15) is 69.9 Å². The zero-order valence-electron chi connectivity index (χ0n) is 18.4. The quantitative estimate of drug-likeness (QED) is 0.256. The SMILES string of the molecule is CCCCCCC(=CC=CC(=O)N[C@H](C)CCCc1cccnc1)c1cccnc1. The van der Waals surface area contributed by atoms with Crippen molar-refractivity contribution in [3.63, 3.8) is 0 Å². The van der Waals surface area contributed by atoms with Gasteiger partial charge in [-0.2, -0.15) is 0 Å². The van der Waals surface area contributed by atoms with Crippen molar-refractivity contribution in [3.05, 3.63) is 78.4 Å². The van der Waals surface area contributed by atoms with Gasteiger partial charge in [-0.15, -0.1) is 0 Å². The van der Waals surface area contributed by atoms with Crippen molar-refractivity contribution in [2.24, 2.45) is 0 Å². The minimum atomic E-state index is -0.0448. The Bertz CT molecular complexity index is 784. The Morgan fingerprint density at radius 3 is 2.57 bits per heavy atom. The van der Waals surface area contributed by atoms with Crippen LogP contribution in [0.25, 0.3) is 5.57 Å². The highest BCUT2D eigenvalue weighted by Crippen LogP contribution is 2.21. The fraction of sp³-hybridized carbons (Fsp3) is 0.423. The van der Waals surface area contributed by atoms with Gasteiger partial charge in [-0.1, -0.05) is 50.5 Å². The van der Waals surface area contributed by atoms with Crippen molar-refractivity contribution >= 4 is 11.5 Å². The number of pyridine rings is 2. The zero-order valence-corrected chi connectivity index (χ0v) is 18.4. The first kappa shape index (κ1) is 23.5. The number of nitrogens with one attached hydrogen (secondary N) is 1. The van der Waals surface area contributed by atoms with Gasteiger partial charge in [0.2, 0.25) is 5.91 Å². The summed E-state index contributed by atoms with van der Waals surface area (Å²) in [6.45, 7) is 4.28. The van der Waals surface area contributed by atoms with E-state index in [1.807, 2.05) is 30.6 Å². The first-order chi connectivity index (χ1) is 14.7. The standard InChI is InChI=1S/C26H35N3O/c1-3-4-5-6-14-24(25-16-10-19-28-21-25)15-8-17-26(30)29-22(2)11-7-12-23-13-9-18-27-20-23/h8-10,13,15-22H,3-7,11-12,14H2,1-2H3,(H,29,30)/t22-/m1/s1. The summed E-state index contributed by atoms with van der Waals surface area (Å²) in [5, 5.41) is 3.06. The largest absolute Gasteiger partial charge is 0.350 e. The van der Waals surface area contributed by atoms with Crippen LogP contribution in [0.3, 0.4) is 0 Å². The Morgan fingerprint density at radius 2 is 1.87 bits per heavy atom. The molecule has 1 amide bonds. The second kappa shape index (κ2) is 14.3. The van der Waals surface area contributed by atoms with Crippen LogP contribution in [0.4, 0.5) is 0 Å². The summed E-state index contributed by atoms with van der Waals surface area (Å²) in [5.74, 6) is -0.0448. The Balaban J connectivity index is 1.81. The van der Waals surface area contributed by atoms with E-state index in [2.05, 4.69) is 47.3 Å². The second-order valence-corrected chi connectivity index (χ2v) is 7.77. The van der Waals surface area contributed by atoms with E-state index in [1.54, 1.807) is 18.5 Å². The van der Waals surface area contributed by atoms with Gasteiger partial charge in [0.1, 0.15) is 0 Å². The number of aromatic nitrogens is 2. The van der Waals surface area contributed by atoms with Gasteiger partial charge in [0.25, 0.3) is 0 Å². The van der Waals surface area contributed by atoms with Gasteiger partial charge in [0, 0.05) is 36.9 Å². The van der Waals surface area contributed by atoms with E-state index >= 15 is 0 Å². The lowest BCUT2D eigenvalue weighted by Gasteiger charge is -2.12. The predicted octanol–water partition coefficient (Wildman–Crippen LogP) is 5.91. The summed E-state index contributed by atoms with van der Waals surface area (Å²) in [5.41, 5.74) is 3.60. The van der Waals surface area contributed by atoms with Crippen LogP contribution in [0, 0.1) is 0 Å². The number of carbonyl (C=O) groups excluding carboxylic acids is 1. The van der Waals surface area contributed by atoms with Crippen molar-refractivity contribution < 1.29 is 4.79 Å². The third-order valence-corrected chi connectivity index (χ3v) is 5.09. The normalized spacial score (nSPS) is 12.8. The number of hydrogen-bond acceptors (Lipinski definition) is 3. The molecule has 0 radical (unpaired) electrons. The van der Waals surface area contributed by atoms with E-state index < -0.39 is 0 Å². The van der Waals surface area contributed by atoms with E-state index in [9.17, 15) is 4.79 Å². The van der Waals surface area contributed by atoms with Crippen LogP contribution < -0.4 is 5.32 Å². The summed E-state index contributed by atoms with van der Waals surface area (Å²) in [7, 11) is 0. The molecule has 30 heavy (non-hydrogen) atoms. The van der Waals surface area contributed by atoms with Crippen LogP contribution in [-0.4, -0.2) is 21.9 Å². The van der Waals surface area contributed by atoms with Crippen molar-refractivity contribution in [1.82, 2.24) is 15.3 Å². The van der Waals surface area contributed by atoms with Gasteiger partial charge in [0.05, 0.1) is 0 Å². The molecule has 1 atom stereocenters. The average molecular weight is 406 g/mol. The topological polar surface area (TPSA) is 54.9 Å². The lowest BCUT2D eigenvalue weighted by molar-refractivity contribution is -0.117. The second-order valence-electron chi connectivity index (χ2n) is 7.77. The number of aryl methyl sites for hydroxylation is 1. The molecule has 0 aromatic carbocycles. The van der Waals surface area contributed by atoms with Gasteiger partial charge in [-0.25, -0.2) is 0 Å². The summed E-state index contributed by atoms with van der Waals surface area (Å²) >= 11 is 0. The maximum Gasteiger partial charge on any atom is 0.244 e. The summed E-state index contributed by atoms with van der Waals surface area (Å²) in [6, 6.07) is 8.24. The van der Waals surface area contributed by atoms with Gasteiger partial charge in [-0.05, 0) is 67.9 Å². The van der Waals surface area contributed by atoms with E-state index in [-0.39, 0.29) is 11.9 Å². The Hall–Kier alpha value is -2.75. The fourth-order valence-corrected chi connectivity index (χ4v) is 3.39. The Labute approximate surface area is 181 Å². The van der Waals surface area contributed by atoms with E-state index in [0.29, 0.717) is 0 Å². The number of allylic oxidation sites excluding steroid dienone is 3. The van der Waals surface area contributed by atoms with E-state index in [1.165, 1.54) is 30.4 Å². The average Bonchev–Trinajstić information content (AvgIpc) is 2.76. The highest BCUT2D eigenvalue weighted by atomic mass is 16.1. The predicted molar refractivity (Wildman–Crippen MR) is 125 cm³/mol. The summed E-state index contributed by atoms with van der Waals surface area (Å²) in [6.07, 6.45) is 21.8. The van der Waals surface area contributed by atoms with Crippen molar-refractivity contribution in [1.29, 1.82) is 0 Å². The van der Waals surface area contributed by atoms with Crippen LogP contribution in [0.15, 0.2) is 67.3 Å². The molecular formula is C26H35N3O. The van der Waals surface area contributed by atoms with Crippen molar-refractivity contribution in [2.75, 3.05) is 0 Å². The zero-order chi connectivity index (χ0) is 21.4. The minimum Gasteiger partial charge on any atom is -0.350 e. The Kier molecular flexibility index (Phi) is 11.2. The molecule has 0 aliphatic rings. The third kappa shape index (κ3) is 9.64. The number of carbonyl (C=O) groups is 1. The number of nitrogens with zero attached hydrogens (tertiary/aromatic N) is 2. The molecule has 2 rings (SSSR count). The molecule has 0 saturated carbocycles.